The summed E-state index contributed by atoms with van der Waals surface area (Å²) in [6.45, 7) is 2.01. The van der Waals surface area contributed by atoms with Crippen molar-refractivity contribution < 1.29 is 9.18 Å². The van der Waals surface area contributed by atoms with E-state index in [-0.39, 0.29) is 17.0 Å². The van der Waals surface area contributed by atoms with Crippen LogP contribution in [0.1, 0.15) is 39.5 Å². The van der Waals surface area contributed by atoms with E-state index in [9.17, 15) is 9.18 Å². The second-order valence-electron chi connectivity index (χ2n) is 5.55. The number of nitrogens with two attached hydrogens (primary N) is 1. The Morgan fingerprint density at radius 3 is 2.86 bits per heavy atom. The Balaban J connectivity index is 1.92. The molecule has 0 aromatic heterocycles. The second kappa shape index (κ2) is 5.71. The van der Waals surface area contributed by atoms with Gasteiger partial charge in [0.1, 0.15) is 5.82 Å². The third-order valence-electron chi connectivity index (χ3n) is 4.07. The summed E-state index contributed by atoms with van der Waals surface area (Å²) in [6.07, 6.45) is 1.65. The van der Waals surface area contributed by atoms with Crippen LogP contribution >= 0.6 is 11.6 Å². The van der Waals surface area contributed by atoms with Crippen molar-refractivity contribution in [2.45, 2.75) is 25.8 Å². The van der Waals surface area contributed by atoms with Gasteiger partial charge >= 0.3 is 0 Å². The van der Waals surface area contributed by atoms with Gasteiger partial charge in [-0.1, -0.05) is 17.7 Å². The van der Waals surface area contributed by atoms with Crippen molar-refractivity contribution >= 4 is 23.2 Å². The minimum Gasteiger partial charge on any atom is -0.324 e. The van der Waals surface area contributed by atoms with Crippen LogP contribution in [-0.2, 0) is 6.42 Å². The molecule has 1 aliphatic carbocycles. The van der Waals surface area contributed by atoms with Gasteiger partial charge in [-0.2, -0.15) is 0 Å². The highest BCUT2D eigenvalue weighted by molar-refractivity contribution is 6.31. The Bertz CT molecular complexity index is 761. The van der Waals surface area contributed by atoms with Gasteiger partial charge in [0.25, 0.3) is 5.91 Å². The minimum absolute atomic E-state index is 0.0111. The number of fused-ring (bicyclic) bond motifs is 1. The number of halogens is 2. The van der Waals surface area contributed by atoms with Crippen LogP contribution in [0.2, 0.25) is 5.02 Å². The highest BCUT2D eigenvalue weighted by Crippen LogP contribution is 2.34. The van der Waals surface area contributed by atoms with Crippen LogP contribution in [-0.4, -0.2) is 5.91 Å². The maximum atomic E-state index is 13.2. The number of carbonyl (C=O) groups is 1. The summed E-state index contributed by atoms with van der Waals surface area (Å²) in [5, 5.41) is 2.74. The van der Waals surface area contributed by atoms with E-state index in [0.29, 0.717) is 11.3 Å². The first-order valence-electron chi connectivity index (χ1n) is 7.11. The maximum Gasteiger partial charge on any atom is 0.255 e. The number of nitrogens with one attached hydrogen (secondary N) is 1. The number of hydrogen-bond donors (Lipinski definition) is 2. The average Bonchev–Trinajstić information content (AvgIpc) is 2.86. The molecule has 0 heterocycles. The molecule has 1 atom stereocenters. The number of amides is 1. The second-order valence-corrected chi connectivity index (χ2v) is 5.96. The summed E-state index contributed by atoms with van der Waals surface area (Å²) < 4.78 is 13.2. The van der Waals surface area contributed by atoms with Crippen LogP contribution in [0.4, 0.5) is 10.1 Å². The SMILES string of the molecule is Cc1ccc(C(=O)Nc2ccc(F)c(Cl)c2)c2c1[C@@H](N)CC2. The molecule has 0 fully saturated rings. The monoisotopic (exact) mass is 318 g/mol. The molecule has 0 saturated carbocycles. The molecule has 0 unspecified atom stereocenters. The molecule has 0 bridgehead atoms. The summed E-state index contributed by atoms with van der Waals surface area (Å²) in [4.78, 5) is 12.5. The number of benzene rings is 2. The summed E-state index contributed by atoms with van der Waals surface area (Å²) in [6, 6.07) is 7.83. The van der Waals surface area contributed by atoms with Crippen molar-refractivity contribution in [3.05, 3.63) is 63.4 Å². The fraction of sp³-hybridized carbons (Fsp3) is 0.235. The van der Waals surface area contributed by atoms with Gasteiger partial charge in [-0.3, -0.25) is 4.79 Å². The van der Waals surface area contributed by atoms with Crippen molar-refractivity contribution in [3.63, 3.8) is 0 Å². The molecule has 3 rings (SSSR count). The lowest BCUT2D eigenvalue weighted by atomic mass is 9.97. The Hall–Kier alpha value is -1.91. The normalized spacial score (nSPS) is 16.5. The smallest absolute Gasteiger partial charge is 0.255 e. The van der Waals surface area contributed by atoms with Crippen molar-refractivity contribution in [1.29, 1.82) is 0 Å². The van der Waals surface area contributed by atoms with E-state index in [0.717, 1.165) is 29.5 Å². The largest absolute Gasteiger partial charge is 0.324 e. The van der Waals surface area contributed by atoms with E-state index in [4.69, 9.17) is 17.3 Å². The molecule has 22 heavy (non-hydrogen) atoms. The summed E-state index contributed by atoms with van der Waals surface area (Å²) in [5.41, 5.74) is 10.4. The first kappa shape index (κ1) is 15.0. The number of rotatable bonds is 2. The van der Waals surface area contributed by atoms with Crippen molar-refractivity contribution in [2.24, 2.45) is 5.73 Å². The van der Waals surface area contributed by atoms with Crippen LogP contribution < -0.4 is 11.1 Å². The molecule has 3 N–H and O–H groups in total. The van der Waals surface area contributed by atoms with Crippen molar-refractivity contribution in [3.8, 4) is 0 Å². The lowest BCUT2D eigenvalue weighted by Crippen LogP contribution is -2.15. The van der Waals surface area contributed by atoms with Gasteiger partial charge in [0.05, 0.1) is 5.02 Å². The third kappa shape index (κ3) is 2.60. The molecule has 0 spiro atoms. The van der Waals surface area contributed by atoms with Crippen LogP contribution in [0.5, 0.6) is 0 Å². The van der Waals surface area contributed by atoms with Gasteiger partial charge in [-0.25, -0.2) is 4.39 Å². The van der Waals surface area contributed by atoms with Crippen LogP contribution in [0.3, 0.4) is 0 Å². The van der Waals surface area contributed by atoms with Gasteiger partial charge < -0.3 is 11.1 Å². The van der Waals surface area contributed by atoms with E-state index < -0.39 is 5.82 Å². The van der Waals surface area contributed by atoms with Crippen LogP contribution in [0.25, 0.3) is 0 Å². The molecule has 0 aliphatic heterocycles. The summed E-state index contributed by atoms with van der Waals surface area (Å²) in [5.74, 6) is -0.741. The standard InChI is InChI=1S/C17H16ClFN2O/c1-9-2-4-12(11-5-7-15(20)16(9)11)17(22)21-10-3-6-14(19)13(18)8-10/h2-4,6,8,15H,5,7,20H2,1H3,(H,21,22)/t15-/m0/s1. The number of carbonyl (C=O) groups excluding carboxylic acids is 1. The lowest BCUT2D eigenvalue weighted by Gasteiger charge is -2.13. The number of hydrogen-bond acceptors (Lipinski definition) is 2. The first-order chi connectivity index (χ1) is 10.5. The Labute approximate surface area is 133 Å². The zero-order valence-corrected chi connectivity index (χ0v) is 12.9. The van der Waals surface area contributed by atoms with E-state index in [1.54, 1.807) is 0 Å². The highest BCUT2D eigenvalue weighted by Gasteiger charge is 2.26. The molecule has 2 aromatic rings. The van der Waals surface area contributed by atoms with Gasteiger partial charge in [-0.05, 0) is 60.7 Å². The fourth-order valence-electron chi connectivity index (χ4n) is 3.00. The van der Waals surface area contributed by atoms with Crippen LogP contribution in [0.15, 0.2) is 30.3 Å². The predicted molar refractivity (Wildman–Crippen MR) is 85.8 cm³/mol. The topological polar surface area (TPSA) is 55.1 Å². The molecule has 1 amide bonds. The van der Waals surface area contributed by atoms with E-state index in [1.165, 1.54) is 18.2 Å². The summed E-state index contributed by atoms with van der Waals surface area (Å²) in [7, 11) is 0. The predicted octanol–water partition coefficient (Wildman–Crippen LogP) is 3.99. The van der Waals surface area contributed by atoms with E-state index in [1.807, 2.05) is 19.1 Å². The molecular formula is C17H16ClFN2O. The molecule has 0 radical (unpaired) electrons. The minimum atomic E-state index is -0.512. The Morgan fingerprint density at radius 1 is 1.36 bits per heavy atom. The van der Waals surface area contributed by atoms with Gasteiger partial charge in [0.15, 0.2) is 0 Å². The van der Waals surface area contributed by atoms with Crippen molar-refractivity contribution in [2.75, 3.05) is 5.32 Å². The highest BCUT2D eigenvalue weighted by atomic mass is 35.5. The number of anilines is 1. The van der Waals surface area contributed by atoms with Crippen molar-refractivity contribution in [1.82, 2.24) is 0 Å². The average molecular weight is 319 g/mol. The quantitative estimate of drug-likeness (QED) is 0.879. The summed E-state index contributed by atoms with van der Waals surface area (Å²) >= 11 is 5.73. The zero-order valence-electron chi connectivity index (χ0n) is 12.1. The van der Waals surface area contributed by atoms with Gasteiger partial charge in [-0.15, -0.1) is 0 Å². The molecule has 0 saturated heterocycles. The van der Waals surface area contributed by atoms with E-state index >= 15 is 0 Å². The number of aryl methyl sites for hydroxylation is 1. The third-order valence-corrected chi connectivity index (χ3v) is 4.36. The molecular weight excluding hydrogens is 303 g/mol. The molecule has 5 heteroatoms. The van der Waals surface area contributed by atoms with Gasteiger partial charge in [0, 0.05) is 17.3 Å². The van der Waals surface area contributed by atoms with Gasteiger partial charge in [0.2, 0.25) is 0 Å². The molecule has 2 aromatic carbocycles. The fourth-order valence-corrected chi connectivity index (χ4v) is 3.18. The lowest BCUT2D eigenvalue weighted by molar-refractivity contribution is 0.102. The molecule has 3 nitrogen and oxygen atoms in total. The zero-order chi connectivity index (χ0) is 15.9. The molecule has 1 aliphatic rings. The molecule has 114 valence electrons. The Kier molecular flexibility index (Phi) is 3.89. The first-order valence-corrected chi connectivity index (χ1v) is 7.49. The van der Waals surface area contributed by atoms with Crippen LogP contribution in [0, 0.1) is 12.7 Å². The van der Waals surface area contributed by atoms with E-state index in [2.05, 4.69) is 5.32 Å². The Morgan fingerprint density at radius 2 is 2.14 bits per heavy atom. The maximum absolute atomic E-state index is 13.2.